The number of benzene rings is 2. The monoisotopic (exact) mass is 452 g/mol. The van der Waals surface area contributed by atoms with Crippen LogP contribution in [0.5, 0.6) is 0 Å². The highest BCUT2D eigenvalue weighted by Crippen LogP contribution is 2.42. The lowest BCUT2D eigenvalue weighted by atomic mass is 9.97. The zero-order valence-electron chi connectivity index (χ0n) is 17.6. The molecule has 0 spiro atoms. The molecule has 0 fully saturated rings. The third kappa shape index (κ3) is 3.33. The van der Waals surface area contributed by atoms with Crippen molar-refractivity contribution in [1.29, 1.82) is 0 Å². The Hall–Kier alpha value is -3.33. The van der Waals surface area contributed by atoms with Gasteiger partial charge in [-0.15, -0.1) is 0 Å². The highest BCUT2D eigenvalue weighted by Gasteiger charge is 2.36. The number of H-pyrrole nitrogens is 1. The molecular formula is C23H22F2N6S. The van der Waals surface area contributed by atoms with Crippen LogP contribution in [-0.2, 0) is 0 Å². The van der Waals surface area contributed by atoms with Gasteiger partial charge in [-0.1, -0.05) is 42.5 Å². The molecule has 1 aliphatic rings. The highest BCUT2D eigenvalue weighted by atomic mass is 32.1. The third-order valence-electron chi connectivity index (χ3n) is 6.12. The van der Waals surface area contributed by atoms with Crippen molar-refractivity contribution < 1.29 is 8.78 Å². The molecule has 0 amide bonds. The van der Waals surface area contributed by atoms with Gasteiger partial charge in [-0.3, -0.25) is 9.67 Å². The minimum Gasteiger partial charge on any atom is -0.363 e. The van der Waals surface area contributed by atoms with Gasteiger partial charge < -0.3 is 5.32 Å². The summed E-state index contributed by atoms with van der Waals surface area (Å²) < 4.78 is 31.7. The summed E-state index contributed by atoms with van der Waals surface area (Å²) in [5, 5.41) is 15.0. The van der Waals surface area contributed by atoms with Gasteiger partial charge in [0.15, 0.2) is 10.6 Å². The lowest BCUT2D eigenvalue weighted by Gasteiger charge is -2.32. The summed E-state index contributed by atoms with van der Waals surface area (Å²) in [6.07, 6.45) is -0.730. The van der Waals surface area contributed by atoms with Gasteiger partial charge in [-0.2, -0.15) is 10.2 Å². The number of aromatic amines is 1. The van der Waals surface area contributed by atoms with Crippen molar-refractivity contribution in [2.75, 3.05) is 5.32 Å². The minimum absolute atomic E-state index is 0.236. The molecule has 0 radical (unpaired) electrons. The van der Waals surface area contributed by atoms with Crippen molar-refractivity contribution >= 4 is 18.0 Å². The SMILES string of the molecule is Cc1cccc(-n2c(-c3cnn4c3N[C@@H](c3ccccc3)C[C@@H]4C(F)F)n[nH]c2=S)c1C. The number of nitrogens with one attached hydrogen (secondary N) is 2. The van der Waals surface area contributed by atoms with E-state index in [1.807, 2.05) is 66.9 Å². The molecule has 164 valence electrons. The molecule has 9 heteroatoms. The van der Waals surface area contributed by atoms with E-state index in [4.69, 9.17) is 12.2 Å². The Labute approximate surface area is 188 Å². The second kappa shape index (κ2) is 7.98. The largest absolute Gasteiger partial charge is 0.363 e. The van der Waals surface area contributed by atoms with Crippen LogP contribution in [-0.4, -0.2) is 31.0 Å². The van der Waals surface area contributed by atoms with Gasteiger partial charge >= 0.3 is 0 Å². The Morgan fingerprint density at radius 2 is 1.88 bits per heavy atom. The van der Waals surface area contributed by atoms with E-state index >= 15 is 0 Å². The van der Waals surface area contributed by atoms with Crippen molar-refractivity contribution in [2.24, 2.45) is 0 Å². The van der Waals surface area contributed by atoms with Crippen LogP contribution in [0, 0.1) is 18.6 Å². The molecule has 0 aliphatic carbocycles. The van der Waals surface area contributed by atoms with E-state index in [1.54, 1.807) is 6.20 Å². The Bertz CT molecular complexity index is 1320. The predicted molar refractivity (Wildman–Crippen MR) is 122 cm³/mol. The fourth-order valence-electron chi connectivity index (χ4n) is 4.28. The summed E-state index contributed by atoms with van der Waals surface area (Å²) in [5.74, 6) is 1.04. The first-order valence-electron chi connectivity index (χ1n) is 10.4. The average molecular weight is 453 g/mol. The number of alkyl halides is 2. The average Bonchev–Trinajstić information content (AvgIpc) is 3.38. The van der Waals surface area contributed by atoms with E-state index in [9.17, 15) is 8.78 Å². The molecule has 6 nitrogen and oxygen atoms in total. The summed E-state index contributed by atoms with van der Waals surface area (Å²) in [6.45, 7) is 4.05. The fraction of sp³-hybridized carbons (Fsp3) is 0.261. The Kier molecular flexibility index (Phi) is 5.13. The second-order valence-electron chi connectivity index (χ2n) is 8.00. The summed E-state index contributed by atoms with van der Waals surface area (Å²) in [7, 11) is 0. The van der Waals surface area contributed by atoms with E-state index in [1.165, 1.54) is 4.68 Å². The number of hydrogen-bond acceptors (Lipinski definition) is 4. The van der Waals surface area contributed by atoms with Crippen LogP contribution in [0.1, 0.15) is 35.2 Å². The molecule has 2 aromatic carbocycles. The normalized spacial score (nSPS) is 17.9. The highest BCUT2D eigenvalue weighted by molar-refractivity contribution is 7.71. The van der Waals surface area contributed by atoms with Crippen LogP contribution in [0.15, 0.2) is 54.7 Å². The molecule has 2 N–H and O–H groups in total. The van der Waals surface area contributed by atoms with Crippen molar-refractivity contribution in [3.63, 3.8) is 0 Å². The van der Waals surface area contributed by atoms with Crippen LogP contribution >= 0.6 is 12.2 Å². The third-order valence-corrected chi connectivity index (χ3v) is 6.39. The Morgan fingerprint density at radius 1 is 1.09 bits per heavy atom. The first-order chi connectivity index (χ1) is 15.5. The summed E-state index contributed by atoms with van der Waals surface area (Å²) >= 11 is 5.53. The standard InChI is InChI=1S/C23H22F2N6S/c1-13-7-6-10-18(14(13)2)30-22(28-29-23(30)32)16-12-26-31-19(20(24)25)11-17(27-21(16)31)15-8-4-3-5-9-15/h3-10,12,17,19-20,27H,11H2,1-2H3,(H,29,32)/t17-,19-/m1/s1. The maximum Gasteiger partial charge on any atom is 0.260 e. The maximum atomic E-state index is 14.0. The summed E-state index contributed by atoms with van der Waals surface area (Å²) in [4.78, 5) is 0. The van der Waals surface area contributed by atoms with Crippen molar-refractivity contribution in [3.8, 4) is 17.1 Å². The molecule has 3 heterocycles. The molecule has 0 saturated carbocycles. The molecule has 2 aromatic heterocycles. The first kappa shape index (κ1) is 20.6. The predicted octanol–water partition coefficient (Wildman–Crippen LogP) is 5.77. The number of fused-ring (bicyclic) bond motifs is 1. The molecular weight excluding hydrogens is 430 g/mol. The van der Waals surface area contributed by atoms with Gasteiger partial charge in [0.1, 0.15) is 11.9 Å². The molecule has 0 saturated heterocycles. The van der Waals surface area contributed by atoms with Gasteiger partial charge in [-0.05, 0) is 55.2 Å². The van der Waals surface area contributed by atoms with Crippen LogP contribution in [0.2, 0.25) is 0 Å². The first-order valence-corrected chi connectivity index (χ1v) is 10.8. The minimum atomic E-state index is -2.55. The molecule has 5 rings (SSSR count). The van der Waals surface area contributed by atoms with E-state index in [2.05, 4.69) is 20.6 Å². The van der Waals surface area contributed by atoms with Crippen LogP contribution in [0.3, 0.4) is 0 Å². The van der Waals surface area contributed by atoms with Crippen LogP contribution in [0.4, 0.5) is 14.6 Å². The van der Waals surface area contributed by atoms with Gasteiger partial charge in [0.25, 0.3) is 6.43 Å². The van der Waals surface area contributed by atoms with E-state index in [0.717, 1.165) is 22.4 Å². The van der Waals surface area contributed by atoms with Crippen LogP contribution in [0.25, 0.3) is 17.1 Å². The molecule has 0 unspecified atom stereocenters. The van der Waals surface area contributed by atoms with Crippen molar-refractivity contribution in [2.45, 2.75) is 38.8 Å². The molecule has 4 aromatic rings. The number of hydrogen-bond donors (Lipinski definition) is 2. The molecule has 0 bridgehead atoms. The lowest BCUT2D eigenvalue weighted by molar-refractivity contribution is 0.0659. The smallest absolute Gasteiger partial charge is 0.260 e. The van der Waals surface area contributed by atoms with Crippen LogP contribution < -0.4 is 5.32 Å². The topological polar surface area (TPSA) is 63.5 Å². The van der Waals surface area contributed by atoms with Crippen molar-refractivity contribution in [1.82, 2.24) is 24.5 Å². The Morgan fingerprint density at radius 3 is 2.62 bits per heavy atom. The van der Waals surface area contributed by atoms with Gasteiger partial charge in [-0.25, -0.2) is 13.5 Å². The van der Waals surface area contributed by atoms with Gasteiger partial charge in [0.05, 0.1) is 23.5 Å². The lowest BCUT2D eigenvalue weighted by Crippen LogP contribution is -2.31. The van der Waals surface area contributed by atoms with Gasteiger partial charge in [0.2, 0.25) is 0 Å². The van der Waals surface area contributed by atoms with E-state index in [0.29, 0.717) is 22.0 Å². The van der Waals surface area contributed by atoms with E-state index in [-0.39, 0.29) is 12.5 Å². The quantitative estimate of drug-likeness (QED) is 0.386. The van der Waals surface area contributed by atoms with Gasteiger partial charge in [0, 0.05) is 0 Å². The number of anilines is 1. The fourth-order valence-corrected chi connectivity index (χ4v) is 4.51. The number of halogens is 2. The van der Waals surface area contributed by atoms with E-state index < -0.39 is 12.5 Å². The zero-order chi connectivity index (χ0) is 22.4. The molecule has 32 heavy (non-hydrogen) atoms. The number of aryl methyl sites for hydroxylation is 1. The van der Waals surface area contributed by atoms with Crippen molar-refractivity contribution in [3.05, 3.63) is 76.2 Å². The number of rotatable bonds is 4. The second-order valence-corrected chi connectivity index (χ2v) is 8.39. The maximum absolute atomic E-state index is 14.0. The molecule has 2 atom stereocenters. The zero-order valence-corrected chi connectivity index (χ0v) is 18.4. The number of nitrogens with zero attached hydrogens (tertiary/aromatic N) is 4. The Balaban J connectivity index is 1.66. The molecule has 1 aliphatic heterocycles. The number of aromatic nitrogens is 5. The summed E-state index contributed by atoms with van der Waals surface area (Å²) in [5.41, 5.74) is 4.63. The summed E-state index contributed by atoms with van der Waals surface area (Å²) in [6, 6.07) is 14.3.